The van der Waals surface area contributed by atoms with E-state index in [0.29, 0.717) is 5.75 Å². The lowest BCUT2D eigenvalue weighted by Gasteiger charge is -2.16. The van der Waals surface area contributed by atoms with Crippen LogP contribution in [0.4, 0.5) is 5.69 Å². The number of phenols is 1. The van der Waals surface area contributed by atoms with Gasteiger partial charge < -0.3 is 15.2 Å². The smallest absolute Gasteiger partial charge is 0.124 e. The fourth-order valence-electron chi connectivity index (χ4n) is 1.69. The highest BCUT2D eigenvalue weighted by Gasteiger charge is 2.11. The number of ether oxygens (including phenoxy) is 1. The minimum atomic E-state index is 0.0514. The van der Waals surface area contributed by atoms with Gasteiger partial charge in [0.2, 0.25) is 0 Å². The maximum Gasteiger partial charge on any atom is 0.124 e. The molecule has 1 unspecified atom stereocenters. The van der Waals surface area contributed by atoms with Crippen molar-refractivity contribution in [2.45, 2.75) is 13.0 Å². The summed E-state index contributed by atoms with van der Waals surface area (Å²) < 4.78 is 5.06. The predicted octanol–water partition coefficient (Wildman–Crippen LogP) is 3.64. The highest BCUT2D eigenvalue weighted by molar-refractivity contribution is 7.08. The maximum absolute atomic E-state index is 9.90. The number of methoxy groups -OCH3 is 1. The average molecular weight is 249 g/mol. The van der Waals surface area contributed by atoms with Gasteiger partial charge in [-0.3, -0.25) is 0 Å². The molecule has 0 saturated heterocycles. The molecule has 0 aliphatic carbocycles. The molecule has 0 bridgehead atoms. The molecule has 1 heterocycles. The number of hydrogen-bond acceptors (Lipinski definition) is 4. The van der Waals surface area contributed by atoms with Crippen LogP contribution in [0, 0.1) is 0 Å². The second-order valence-corrected chi connectivity index (χ2v) is 4.58. The van der Waals surface area contributed by atoms with Gasteiger partial charge in [-0.25, -0.2) is 0 Å². The molecule has 1 atom stereocenters. The molecule has 1 aromatic heterocycles. The Morgan fingerprint density at radius 1 is 1.35 bits per heavy atom. The van der Waals surface area contributed by atoms with Crippen molar-refractivity contribution in [3.8, 4) is 11.5 Å². The van der Waals surface area contributed by atoms with Crippen LogP contribution in [0.25, 0.3) is 0 Å². The Hall–Kier alpha value is -1.68. The van der Waals surface area contributed by atoms with E-state index in [4.69, 9.17) is 4.74 Å². The zero-order valence-corrected chi connectivity index (χ0v) is 10.6. The highest BCUT2D eigenvalue weighted by atomic mass is 32.1. The van der Waals surface area contributed by atoms with Gasteiger partial charge in [0.15, 0.2) is 0 Å². The van der Waals surface area contributed by atoms with Crippen LogP contribution in [-0.4, -0.2) is 12.2 Å². The molecule has 2 aromatic rings. The van der Waals surface area contributed by atoms with Crippen LogP contribution in [0.15, 0.2) is 35.0 Å². The zero-order valence-electron chi connectivity index (χ0n) is 9.81. The first-order chi connectivity index (χ1) is 8.20. The van der Waals surface area contributed by atoms with Crippen molar-refractivity contribution in [3.63, 3.8) is 0 Å². The molecule has 1 aromatic carbocycles. The molecule has 0 radical (unpaired) electrons. The van der Waals surface area contributed by atoms with Crippen LogP contribution in [0.3, 0.4) is 0 Å². The lowest BCUT2D eigenvalue weighted by atomic mass is 10.1. The van der Waals surface area contributed by atoms with Crippen molar-refractivity contribution >= 4 is 17.0 Å². The second-order valence-electron chi connectivity index (χ2n) is 3.80. The number of aromatic hydroxyl groups is 1. The standard InChI is InChI=1S/C13H15NO2S/c1-9(14-10-5-6-17-8-10)12-4-3-11(16-2)7-13(12)15/h3-9,14-15H,1-2H3. The summed E-state index contributed by atoms with van der Waals surface area (Å²) in [7, 11) is 1.58. The molecular formula is C13H15NO2S. The van der Waals surface area contributed by atoms with Crippen molar-refractivity contribution in [2.24, 2.45) is 0 Å². The molecule has 0 fully saturated rings. The first-order valence-electron chi connectivity index (χ1n) is 5.36. The van der Waals surface area contributed by atoms with E-state index in [1.54, 1.807) is 24.5 Å². The molecule has 0 spiro atoms. The van der Waals surface area contributed by atoms with Crippen LogP contribution in [0.2, 0.25) is 0 Å². The van der Waals surface area contributed by atoms with Gasteiger partial charge in [-0.05, 0) is 30.5 Å². The van der Waals surface area contributed by atoms with E-state index in [9.17, 15) is 5.11 Å². The van der Waals surface area contributed by atoms with Gasteiger partial charge in [0.25, 0.3) is 0 Å². The molecule has 0 amide bonds. The number of thiophene rings is 1. The molecule has 2 N–H and O–H groups in total. The Morgan fingerprint density at radius 3 is 2.76 bits per heavy atom. The van der Waals surface area contributed by atoms with Gasteiger partial charge >= 0.3 is 0 Å². The Labute approximate surface area is 105 Å². The molecule has 17 heavy (non-hydrogen) atoms. The van der Waals surface area contributed by atoms with Gasteiger partial charge in [-0.2, -0.15) is 11.3 Å². The third-order valence-corrected chi connectivity index (χ3v) is 3.29. The topological polar surface area (TPSA) is 41.5 Å². The maximum atomic E-state index is 9.90. The van der Waals surface area contributed by atoms with Crippen molar-refractivity contribution in [1.29, 1.82) is 0 Å². The summed E-state index contributed by atoms with van der Waals surface area (Å²) in [5, 5.41) is 17.3. The fourth-order valence-corrected chi connectivity index (χ4v) is 2.29. The van der Waals surface area contributed by atoms with Gasteiger partial charge in [0, 0.05) is 22.7 Å². The molecule has 2 rings (SSSR count). The summed E-state index contributed by atoms with van der Waals surface area (Å²) >= 11 is 1.64. The average Bonchev–Trinajstić information content (AvgIpc) is 2.81. The Bertz CT molecular complexity index is 482. The summed E-state index contributed by atoms with van der Waals surface area (Å²) in [6.07, 6.45) is 0. The molecule has 3 nitrogen and oxygen atoms in total. The number of nitrogens with one attached hydrogen (secondary N) is 1. The van der Waals surface area contributed by atoms with Crippen LogP contribution in [0.5, 0.6) is 11.5 Å². The molecule has 90 valence electrons. The van der Waals surface area contributed by atoms with E-state index in [0.717, 1.165) is 11.3 Å². The van der Waals surface area contributed by atoms with Crippen LogP contribution >= 0.6 is 11.3 Å². The minimum absolute atomic E-state index is 0.0514. The lowest BCUT2D eigenvalue weighted by molar-refractivity contribution is 0.406. The van der Waals surface area contributed by atoms with Crippen molar-refractivity contribution in [3.05, 3.63) is 40.6 Å². The normalized spacial score (nSPS) is 12.1. The quantitative estimate of drug-likeness (QED) is 0.869. The molecule has 0 aliphatic rings. The fraction of sp³-hybridized carbons (Fsp3) is 0.231. The van der Waals surface area contributed by atoms with Crippen molar-refractivity contribution < 1.29 is 9.84 Å². The molecule has 0 aliphatic heterocycles. The first-order valence-corrected chi connectivity index (χ1v) is 6.30. The Balaban J connectivity index is 2.16. The van der Waals surface area contributed by atoms with Crippen LogP contribution < -0.4 is 10.1 Å². The number of rotatable bonds is 4. The summed E-state index contributed by atoms with van der Waals surface area (Å²) in [6, 6.07) is 7.41. The van der Waals surface area contributed by atoms with Gasteiger partial charge in [-0.15, -0.1) is 0 Å². The lowest BCUT2D eigenvalue weighted by Crippen LogP contribution is -2.06. The number of phenolic OH excluding ortho intramolecular Hbond substituents is 1. The Kier molecular flexibility index (Phi) is 3.54. The summed E-state index contributed by atoms with van der Waals surface area (Å²) in [4.78, 5) is 0. The molecule has 0 saturated carbocycles. The van der Waals surface area contributed by atoms with Gasteiger partial charge in [-0.1, -0.05) is 0 Å². The molecule has 4 heteroatoms. The largest absolute Gasteiger partial charge is 0.507 e. The Morgan fingerprint density at radius 2 is 2.18 bits per heavy atom. The monoisotopic (exact) mass is 249 g/mol. The third-order valence-electron chi connectivity index (χ3n) is 2.61. The van der Waals surface area contributed by atoms with E-state index in [-0.39, 0.29) is 11.8 Å². The van der Waals surface area contributed by atoms with E-state index in [2.05, 4.69) is 5.32 Å². The summed E-state index contributed by atoms with van der Waals surface area (Å²) in [5.41, 5.74) is 1.93. The van der Waals surface area contributed by atoms with E-state index in [1.165, 1.54) is 0 Å². The van der Waals surface area contributed by atoms with Crippen LogP contribution in [0.1, 0.15) is 18.5 Å². The van der Waals surface area contributed by atoms with Crippen LogP contribution in [-0.2, 0) is 0 Å². The number of anilines is 1. The van der Waals surface area contributed by atoms with E-state index >= 15 is 0 Å². The van der Waals surface area contributed by atoms with Gasteiger partial charge in [0.05, 0.1) is 13.2 Å². The van der Waals surface area contributed by atoms with E-state index < -0.39 is 0 Å². The summed E-state index contributed by atoms with van der Waals surface area (Å²) in [5.74, 6) is 0.911. The second kappa shape index (κ2) is 5.10. The predicted molar refractivity (Wildman–Crippen MR) is 71.0 cm³/mol. The minimum Gasteiger partial charge on any atom is -0.507 e. The van der Waals surface area contributed by atoms with E-state index in [1.807, 2.05) is 35.9 Å². The number of hydrogen-bond donors (Lipinski definition) is 2. The van der Waals surface area contributed by atoms with Crippen molar-refractivity contribution in [2.75, 3.05) is 12.4 Å². The highest BCUT2D eigenvalue weighted by Crippen LogP contribution is 2.30. The zero-order chi connectivity index (χ0) is 12.3. The number of benzene rings is 1. The van der Waals surface area contributed by atoms with Gasteiger partial charge in [0.1, 0.15) is 11.5 Å². The van der Waals surface area contributed by atoms with Crippen molar-refractivity contribution in [1.82, 2.24) is 0 Å². The molecular weight excluding hydrogens is 234 g/mol. The first kappa shape index (κ1) is 11.8. The SMILES string of the molecule is COc1ccc(C(C)Nc2ccsc2)c(O)c1. The summed E-state index contributed by atoms with van der Waals surface area (Å²) in [6.45, 7) is 2.01. The third kappa shape index (κ3) is 2.71.